The van der Waals surface area contributed by atoms with Gasteiger partial charge in [0.15, 0.2) is 0 Å². The number of hydrogen-bond donors (Lipinski definition) is 2. The largest absolute Gasteiger partial charge is 0.383 e. The van der Waals surface area contributed by atoms with Gasteiger partial charge in [0.05, 0.1) is 0 Å². The van der Waals surface area contributed by atoms with Crippen molar-refractivity contribution in [2.75, 3.05) is 18.9 Å². The van der Waals surface area contributed by atoms with Gasteiger partial charge in [0.2, 0.25) is 0 Å². The first-order valence-electron chi connectivity index (χ1n) is 7.57. The molecule has 1 saturated carbocycles. The summed E-state index contributed by atoms with van der Waals surface area (Å²) in [5, 5.41) is 5.18. The second kappa shape index (κ2) is 7.38. The second-order valence-electron chi connectivity index (χ2n) is 5.61. The Labute approximate surface area is 124 Å². The Bertz CT molecular complexity index is 476. The number of nitrogens with one attached hydrogen (secondary N) is 2. The molecule has 3 nitrogen and oxygen atoms in total. The fourth-order valence-corrected chi connectivity index (χ4v) is 2.91. The Balaban J connectivity index is 1.88. The van der Waals surface area contributed by atoms with E-state index < -0.39 is 17.5 Å². The lowest BCUT2D eigenvalue weighted by molar-refractivity contribution is 0.0949. The highest BCUT2D eigenvalue weighted by molar-refractivity contribution is 5.94. The molecule has 5 heteroatoms. The molecule has 0 radical (unpaired) electrons. The molecule has 1 aliphatic carbocycles. The van der Waals surface area contributed by atoms with E-state index in [0.29, 0.717) is 12.5 Å². The van der Waals surface area contributed by atoms with Gasteiger partial charge in [-0.15, -0.1) is 0 Å². The number of rotatable bonds is 5. The number of hydrogen-bond acceptors (Lipinski definition) is 2. The van der Waals surface area contributed by atoms with Crippen LogP contribution >= 0.6 is 0 Å². The predicted molar refractivity (Wildman–Crippen MR) is 79.4 cm³/mol. The summed E-state index contributed by atoms with van der Waals surface area (Å²) < 4.78 is 27.2. The molecule has 0 aromatic heterocycles. The normalized spacial score (nSPS) is 15.8. The third kappa shape index (κ3) is 4.16. The quantitative estimate of drug-likeness (QED) is 0.869. The molecule has 0 heterocycles. The zero-order chi connectivity index (χ0) is 15.2. The van der Waals surface area contributed by atoms with Crippen LogP contribution in [0, 0.1) is 17.6 Å². The van der Waals surface area contributed by atoms with Crippen molar-refractivity contribution in [3.8, 4) is 0 Å². The van der Waals surface area contributed by atoms with Crippen molar-refractivity contribution in [2.24, 2.45) is 5.92 Å². The lowest BCUT2D eigenvalue weighted by Crippen LogP contribution is -2.26. The number of anilines is 1. The molecule has 0 unspecified atom stereocenters. The van der Waals surface area contributed by atoms with E-state index in [0.717, 1.165) is 18.6 Å². The first-order chi connectivity index (χ1) is 10.1. The Morgan fingerprint density at radius 1 is 1.19 bits per heavy atom. The molecule has 1 aliphatic rings. The first-order valence-corrected chi connectivity index (χ1v) is 7.57. The third-order valence-electron chi connectivity index (χ3n) is 4.12. The topological polar surface area (TPSA) is 41.1 Å². The Morgan fingerprint density at radius 2 is 1.81 bits per heavy atom. The highest BCUT2D eigenvalue weighted by atomic mass is 19.1. The standard InChI is InChI=1S/C16H22F2N2O/c1-19-15-13(17)9-12(10-14(15)18)16(21)20-8-7-11-5-3-2-4-6-11/h9-11,19H,2-8H2,1H3,(H,20,21). The Kier molecular flexibility index (Phi) is 5.53. The maximum absolute atomic E-state index is 13.6. The van der Waals surface area contributed by atoms with Crippen molar-refractivity contribution in [3.63, 3.8) is 0 Å². The summed E-state index contributed by atoms with van der Waals surface area (Å²) in [5.74, 6) is -1.27. The van der Waals surface area contributed by atoms with Crippen LogP contribution in [0.2, 0.25) is 0 Å². The molecule has 0 atom stereocenters. The maximum Gasteiger partial charge on any atom is 0.251 e. The molecule has 1 aromatic rings. The van der Waals surface area contributed by atoms with E-state index in [1.807, 2.05) is 0 Å². The van der Waals surface area contributed by atoms with Gasteiger partial charge in [0, 0.05) is 19.2 Å². The summed E-state index contributed by atoms with van der Waals surface area (Å²) >= 11 is 0. The molecular formula is C16H22F2N2O. The van der Waals surface area contributed by atoms with Gasteiger partial charge in [0.1, 0.15) is 17.3 Å². The van der Waals surface area contributed by atoms with Crippen LogP contribution in [0.25, 0.3) is 0 Å². The zero-order valence-electron chi connectivity index (χ0n) is 12.3. The number of carbonyl (C=O) groups is 1. The fraction of sp³-hybridized carbons (Fsp3) is 0.562. The molecular weight excluding hydrogens is 274 g/mol. The number of benzene rings is 1. The average Bonchev–Trinajstić information content (AvgIpc) is 2.48. The van der Waals surface area contributed by atoms with Gasteiger partial charge in [-0.1, -0.05) is 32.1 Å². The smallest absolute Gasteiger partial charge is 0.251 e. The van der Waals surface area contributed by atoms with Gasteiger partial charge >= 0.3 is 0 Å². The molecule has 2 rings (SSSR count). The highest BCUT2D eigenvalue weighted by Crippen LogP contribution is 2.26. The van der Waals surface area contributed by atoms with E-state index in [9.17, 15) is 13.6 Å². The van der Waals surface area contributed by atoms with Crippen LogP contribution in [0.1, 0.15) is 48.9 Å². The summed E-state index contributed by atoms with van der Waals surface area (Å²) in [4.78, 5) is 11.9. The van der Waals surface area contributed by atoms with Crippen LogP contribution in [-0.2, 0) is 0 Å². The third-order valence-corrected chi connectivity index (χ3v) is 4.12. The average molecular weight is 296 g/mol. The number of carbonyl (C=O) groups excluding carboxylic acids is 1. The molecule has 0 saturated heterocycles. The van der Waals surface area contributed by atoms with Crippen molar-refractivity contribution in [1.29, 1.82) is 0 Å². The van der Waals surface area contributed by atoms with E-state index in [1.165, 1.54) is 39.2 Å². The van der Waals surface area contributed by atoms with E-state index in [4.69, 9.17) is 0 Å². The first kappa shape index (κ1) is 15.7. The zero-order valence-corrected chi connectivity index (χ0v) is 12.3. The summed E-state index contributed by atoms with van der Waals surface area (Å²) in [5.41, 5.74) is -0.193. The van der Waals surface area contributed by atoms with Gasteiger partial charge < -0.3 is 10.6 Å². The SMILES string of the molecule is CNc1c(F)cc(C(=O)NCCC2CCCCC2)cc1F. The molecule has 2 N–H and O–H groups in total. The molecule has 0 spiro atoms. The van der Waals surface area contributed by atoms with E-state index in [-0.39, 0.29) is 11.3 Å². The number of halogens is 2. The van der Waals surface area contributed by atoms with E-state index >= 15 is 0 Å². The van der Waals surface area contributed by atoms with Crippen molar-refractivity contribution in [2.45, 2.75) is 38.5 Å². The Morgan fingerprint density at radius 3 is 2.38 bits per heavy atom. The lowest BCUT2D eigenvalue weighted by Gasteiger charge is -2.21. The van der Waals surface area contributed by atoms with Crippen molar-refractivity contribution in [3.05, 3.63) is 29.3 Å². The van der Waals surface area contributed by atoms with Crippen LogP contribution in [-0.4, -0.2) is 19.5 Å². The Hall–Kier alpha value is -1.65. The molecule has 116 valence electrons. The molecule has 1 amide bonds. The van der Waals surface area contributed by atoms with Crippen LogP contribution in [0.5, 0.6) is 0 Å². The minimum atomic E-state index is -0.755. The molecule has 1 fully saturated rings. The summed E-state index contributed by atoms with van der Waals surface area (Å²) in [6.45, 7) is 0.556. The lowest BCUT2D eigenvalue weighted by atomic mass is 9.87. The number of amides is 1. The van der Waals surface area contributed by atoms with Crippen molar-refractivity contribution in [1.82, 2.24) is 5.32 Å². The van der Waals surface area contributed by atoms with Crippen LogP contribution < -0.4 is 10.6 Å². The monoisotopic (exact) mass is 296 g/mol. The summed E-state index contributed by atoms with van der Waals surface area (Å²) in [7, 11) is 1.44. The van der Waals surface area contributed by atoms with Crippen molar-refractivity contribution >= 4 is 11.6 Å². The highest BCUT2D eigenvalue weighted by Gasteiger charge is 2.16. The van der Waals surface area contributed by atoms with Gasteiger partial charge in [-0.3, -0.25) is 4.79 Å². The van der Waals surface area contributed by atoms with Gasteiger partial charge in [-0.2, -0.15) is 0 Å². The van der Waals surface area contributed by atoms with Crippen LogP contribution in [0.3, 0.4) is 0 Å². The van der Waals surface area contributed by atoms with Crippen LogP contribution in [0.15, 0.2) is 12.1 Å². The minimum Gasteiger partial charge on any atom is -0.383 e. The maximum atomic E-state index is 13.6. The van der Waals surface area contributed by atoms with Gasteiger partial charge in [-0.25, -0.2) is 8.78 Å². The van der Waals surface area contributed by atoms with Gasteiger partial charge in [-0.05, 0) is 24.5 Å². The second-order valence-corrected chi connectivity index (χ2v) is 5.61. The minimum absolute atomic E-state index is 0.0210. The summed E-state index contributed by atoms with van der Waals surface area (Å²) in [6.07, 6.45) is 7.21. The van der Waals surface area contributed by atoms with Crippen LogP contribution in [0.4, 0.5) is 14.5 Å². The summed E-state index contributed by atoms with van der Waals surface area (Å²) in [6, 6.07) is 2.12. The van der Waals surface area contributed by atoms with Gasteiger partial charge in [0.25, 0.3) is 5.91 Å². The van der Waals surface area contributed by atoms with E-state index in [2.05, 4.69) is 10.6 Å². The fourth-order valence-electron chi connectivity index (χ4n) is 2.91. The molecule has 0 aliphatic heterocycles. The van der Waals surface area contributed by atoms with E-state index in [1.54, 1.807) is 0 Å². The van der Waals surface area contributed by atoms with Crippen molar-refractivity contribution < 1.29 is 13.6 Å². The molecule has 0 bridgehead atoms. The molecule has 21 heavy (non-hydrogen) atoms. The predicted octanol–water partition coefficient (Wildman–Crippen LogP) is 3.71. The molecule has 1 aromatic carbocycles.